The molecule has 0 aliphatic carbocycles. The second-order valence-electron chi connectivity index (χ2n) is 22.0. The average Bonchev–Trinajstić information content (AvgIpc) is 3.43. The second-order valence-corrected chi connectivity index (χ2v) is 22.0. The molecule has 0 bridgehead atoms. The number of rotatable bonds is 60. The SMILES string of the molecule is CC/C=C\C/C=C\C/C=C\C/C=C\C/C=C\C/C=C\C/C=C\CCCCCC(=O)OCC(COC(=O)CCCCCCCCCCCCCC)OC(=O)CCCCCCCCCCCCCCCCCCCCCCCC. The molecule has 1 atom stereocenters. The fourth-order valence-electron chi connectivity index (χ4n) is 9.48. The van der Waals surface area contributed by atoms with E-state index >= 15 is 0 Å². The summed E-state index contributed by atoms with van der Waals surface area (Å²) in [6.07, 6.45) is 86.0. The molecule has 0 aromatic carbocycles. The summed E-state index contributed by atoms with van der Waals surface area (Å²) in [6.45, 7) is 6.54. The standard InChI is InChI=1S/C71H124O6/c1-4-7-10-13-16-19-22-25-27-29-31-33-35-36-37-39-40-42-44-46-49-52-55-58-61-64-70(73)76-67-68(66-75-69(72)63-60-57-54-51-48-24-21-18-15-12-9-6-3)77-71(74)65-62-59-56-53-50-47-45-43-41-38-34-32-30-28-26-23-20-17-14-11-8-5-2/h7,10,16,19,25,27,31,33,36-37,40,42,46,49,68H,4-6,8-9,11-15,17-18,20-24,26,28-30,32,34-35,38-39,41,43-45,47-48,50-67H2,1-3H3/b10-7-,19-16-,27-25-,33-31-,37-36-,42-40-,49-46-. The topological polar surface area (TPSA) is 78.9 Å². The minimum absolute atomic E-state index is 0.0830. The van der Waals surface area contributed by atoms with E-state index in [-0.39, 0.29) is 31.1 Å². The molecule has 0 rings (SSSR count). The fourth-order valence-corrected chi connectivity index (χ4v) is 9.48. The Morgan fingerprint density at radius 1 is 0.273 bits per heavy atom. The van der Waals surface area contributed by atoms with Crippen molar-refractivity contribution in [2.24, 2.45) is 0 Å². The van der Waals surface area contributed by atoms with Gasteiger partial charge >= 0.3 is 17.9 Å². The summed E-state index contributed by atoms with van der Waals surface area (Å²) in [5, 5.41) is 0. The van der Waals surface area contributed by atoms with Gasteiger partial charge in [0.05, 0.1) is 0 Å². The molecular formula is C71H124O6. The summed E-state index contributed by atoms with van der Waals surface area (Å²) in [5.74, 6) is -0.901. The van der Waals surface area contributed by atoms with Crippen molar-refractivity contribution < 1.29 is 28.6 Å². The van der Waals surface area contributed by atoms with Crippen LogP contribution in [0, 0.1) is 0 Å². The van der Waals surface area contributed by atoms with Gasteiger partial charge < -0.3 is 14.2 Å². The zero-order chi connectivity index (χ0) is 55.7. The average molecular weight is 1070 g/mol. The lowest BCUT2D eigenvalue weighted by molar-refractivity contribution is -0.167. The van der Waals surface area contributed by atoms with E-state index in [1.54, 1.807) is 0 Å². The summed E-state index contributed by atoms with van der Waals surface area (Å²) in [4.78, 5) is 38.3. The third-order valence-electron chi connectivity index (χ3n) is 14.4. The van der Waals surface area contributed by atoms with Crippen LogP contribution in [0.4, 0.5) is 0 Å². The minimum Gasteiger partial charge on any atom is -0.462 e. The van der Waals surface area contributed by atoms with Gasteiger partial charge in [-0.25, -0.2) is 0 Å². The van der Waals surface area contributed by atoms with E-state index in [9.17, 15) is 14.4 Å². The van der Waals surface area contributed by atoms with Gasteiger partial charge in [-0.3, -0.25) is 14.4 Å². The van der Waals surface area contributed by atoms with Crippen LogP contribution < -0.4 is 0 Å². The minimum atomic E-state index is -0.789. The van der Waals surface area contributed by atoms with Gasteiger partial charge in [-0.1, -0.05) is 318 Å². The van der Waals surface area contributed by atoms with Gasteiger partial charge in [-0.05, 0) is 77.0 Å². The molecule has 0 saturated heterocycles. The number of allylic oxidation sites excluding steroid dienone is 14. The van der Waals surface area contributed by atoms with Crippen LogP contribution in [0.25, 0.3) is 0 Å². The highest BCUT2D eigenvalue weighted by atomic mass is 16.6. The Morgan fingerprint density at radius 2 is 0.506 bits per heavy atom. The summed E-state index contributed by atoms with van der Waals surface area (Å²) in [7, 11) is 0. The molecule has 0 N–H and O–H groups in total. The highest BCUT2D eigenvalue weighted by molar-refractivity contribution is 5.71. The second kappa shape index (κ2) is 65.1. The highest BCUT2D eigenvalue weighted by Gasteiger charge is 2.19. The maximum atomic E-state index is 12.9. The van der Waals surface area contributed by atoms with Gasteiger partial charge in [-0.15, -0.1) is 0 Å². The molecule has 0 fully saturated rings. The predicted octanol–water partition coefficient (Wildman–Crippen LogP) is 22.7. The first-order valence-electron chi connectivity index (χ1n) is 33.1. The Balaban J connectivity index is 4.35. The number of ether oxygens (including phenoxy) is 3. The van der Waals surface area contributed by atoms with Crippen LogP contribution in [0.15, 0.2) is 85.1 Å². The monoisotopic (exact) mass is 1070 g/mol. The summed E-state index contributed by atoms with van der Waals surface area (Å²) in [5.41, 5.74) is 0. The number of carbonyl (C=O) groups excluding carboxylic acids is 3. The molecule has 0 aromatic rings. The first-order chi connectivity index (χ1) is 38.0. The fraction of sp³-hybridized carbons (Fsp3) is 0.761. The smallest absolute Gasteiger partial charge is 0.306 e. The third kappa shape index (κ3) is 63.3. The molecule has 0 aromatic heterocycles. The molecule has 6 heteroatoms. The Labute approximate surface area is 477 Å². The molecule has 0 spiro atoms. The number of hydrogen-bond donors (Lipinski definition) is 0. The summed E-state index contributed by atoms with van der Waals surface area (Å²) in [6, 6.07) is 0. The van der Waals surface area contributed by atoms with Crippen molar-refractivity contribution >= 4 is 17.9 Å². The predicted molar refractivity (Wildman–Crippen MR) is 334 cm³/mol. The molecule has 0 radical (unpaired) electrons. The van der Waals surface area contributed by atoms with Crippen molar-refractivity contribution in [3.05, 3.63) is 85.1 Å². The van der Waals surface area contributed by atoms with Crippen molar-refractivity contribution in [1.29, 1.82) is 0 Å². The first kappa shape index (κ1) is 73.6. The van der Waals surface area contributed by atoms with E-state index in [2.05, 4.69) is 106 Å². The molecule has 444 valence electrons. The third-order valence-corrected chi connectivity index (χ3v) is 14.4. The van der Waals surface area contributed by atoms with E-state index in [0.717, 1.165) is 109 Å². The van der Waals surface area contributed by atoms with E-state index in [4.69, 9.17) is 14.2 Å². The van der Waals surface area contributed by atoms with Crippen LogP contribution >= 0.6 is 0 Å². The Hall–Kier alpha value is -3.41. The molecule has 1 unspecified atom stereocenters. The van der Waals surface area contributed by atoms with Crippen LogP contribution in [0.2, 0.25) is 0 Å². The Morgan fingerprint density at radius 3 is 0.792 bits per heavy atom. The maximum Gasteiger partial charge on any atom is 0.306 e. The number of carbonyl (C=O) groups is 3. The van der Waals surface area contributed by atoms with Gasteiger partial charge in [0.1, 0.15) is 13.2 Å². The van der Waals surface area contributed by atoms with E-state index in [1.807, 2.05) is 0 Å². The van der Waals surface area contributed by atoms with Gasteiger partial charge in [-0.2, -0.15) is 0 Å². The van der Waals surface area contributed by atoms with Gasteiger partial charge in [0.25, 0.3) is 0 Å². The number of hydrogen-bond acceptors (Lipinski definition) is 6. The largest absolute Gasteiger partial charge is 0.462 e. The van der Waals surface area contributed by atoms with Crippen LogP contribution in [0.1, 0.15) is 329 Å². The Bertz CT molecular complexity index is 1470. The van der Waals surface area contributed by atoms with E-state index < -0.39 is 6.10 Å². The van der Waals surface area contributed by atoms with Crippen molar-refractivity contribution in [3.8, 4) is 0 Å². The van der Waals surface area contributed by atoms with Crippen LogP contribution in [0.3, 0.4) is 0 Å². The van der Waals surface area contributed by atoms with Gasteiger partial charge in [0.15, 0.2) is 6.10 Å². The zero-order valence-electron chi connectivity index (χ0n) is 51.0. The lowest BCUT2D eigenvalue weighted by Crippen LogP contribution is -2.30. The van der Waals surface area contributed by atoms with Crippen molar-refractivity contribution in [1.82, 2.24) is 0 Å². The number of unbranched alkanes of at least 4 members (excludes halogenated alkanes) is 35. The maximum absolute atomic E-state index is 12.9. The quantitative estimate of drug-likeness (QED) is 0.0261. The lowest BCUT2D eigenvalue weighted by Gasteiger charge is -2.18. The summed E-state index contributed by atoms with van der Waals surface area (Å²) < 4.78 is 16.9. The molecular weight excluding hydrogens is 949 g/mol. The first-order valence-corrected chi connectivity index (χ1v) is 33.1. The van der Waals surface area contributed by atoms with Crippen molar-refractivity contribution in [2.45, 2.75) is 335 Å². The molecule has 0 amide bonds. The zero-order valence-corrected chi connectivity index (χ0v) is 51.0. The van der Waals surface area contributed by atoms with Crippen molar-refractivity contribution in [2.75, 3.05) is 13.2 Å². The Kier molecular flexibility index (Phi) is 62.2. The van der Waals surface area contributed by atoms with E-state index in [1.165, 1.54) is 180 Å². The van der Waals surface area contributed by atoms with Crippen LogP contribution in [0.5, 0.6) is 0 Å². The number of esters is 3. The molecule has 77 heavy (non-hydrogen) atoms. The normalized spacial score (nSPS) is 12.6. The van der Waals surface area contributed by atoms with Crippen molar-refractivity contribution in [3.63, 3.8) is 0 Å². The van der Waals surface area contributed by atoms with Crippen LogP contribution in [-0.2, 0) is 28.6 Å². The molecule has 0 aliphatic heterocycles. The van der Waals surface area contributed by atoms with Crippen LogP contribution in [-0.4, -0.2) is 37.2 Å². The summed E-state index contributed by atoms with van der Waals surface area (Å²) >= 11 is 0. The molecule has 0 saturated carbocycles. The molecule has 0 heterocycles. The van der Waals surface area contributed by atoms with E-state index in [0.29, 0.717) is 19.3 Å². The van der Waals surface area contributed by atoms with Gasteiger partial charge in [0, 0.05) is 19.3 Å². The molecule has 0 aliphatic rings. The highest BCUT2D eigenvalue weighted by Crippen LogP contribution is 2.17. The van der Waals surface area contributed by atoms with Gasteiger partial charge in [0.2, 0.25) is 0 Å². The lowest BCUT2D eigenvalue weighted by atomic mass is 10.0. The molecule has 6 nitrogen and oxygen atoms in total.